The molecule has 0 aromatic heterocycles. The van der Waals surface area contributed by atoms with Crippen LogP contribution in [0, 0.1) is 0 Å². The van der Waals surface area contributed by atoms with Crippen molar-refractivity contribution in [2.45, 2.75) is 53.0 Å². The lowest BCUT2D eigenvalue weighted by Crippen LogP contribution is -2.32. The monoisotopic (exact) mass is 473 g/mol. The molecule has 1 amide bonds. The Balaban J connectivity index is 0.000000340. The molecule has 2 rings (SSSR count). The maximum absolute atomic E-state index is 11.3. The van der Waals surface area contributed by atoms with E-state index in [9.17, 15) is 9.59 Å². The summed E-state index contributed by atoms with van der Waals surface area (Å²) in [6, 6.07) is 14.4. The predicted molar refractivity (Wildman–Crippen MR) is 137 cm³/mol. The molecule has 0 aliphatic rings. The van der Waals surface area contributed by atoms with Gasteiger partial charge in [0.2, 0.25) is 0 Å². The molecule has 0 radical (unpaired) electrons. The number of rotatable bonds is 12. The summed E-state index contributed by atoms with van der Waals surface area (Å²) < 4.78 is 10.4. The quantitative estimate of drug-likeness (QED) is 0.375. The molecule has 34 heavy (non-hydrogen) atoms. The van der Waals surface area contributed by atoms with Crippen LogP contribution in [0.25, 0.3) is 0 Å². The Morgan fingerprint density at radius 1 is 1.03 bits per heavy atom. The van der Waals surface area contributed by atoms with Crippen LogP contribution in [0.3, 0.4) is 0 Å². The van der Waals surface area contributed by atoms with Gasteiger partial charge in [0, 0.05) is 18.8 Å². The normalized spacial score (nSPS) is 11.0. The maximum atomic E-state index is 11.3. The minimum absolute atomic E-state index is 0.352. The molecule has 1 atom stereocenters. The van der Waals surface area contributed by atoms with E-state index in [1.165, 1.54) is 0 Å². The third-order valence-electron chi connectivity index (χ3n) is 4.99. The molecule has 0 saturated carbocycles. The van der Waals surface area contributed by atoms with E-state index in [0.29, 0.717) is 31.1 Å². The summed E-state index contributed by atoms with van der Waals surface area (Å²) in [5, 5.41) is 11.4. The van der Waals surface area contributed by atoms with Crippen LogP contribution in [0.5, 0.6) is 5.75 Å². The lowest BCUT2D eigenvalue weighted by molar-refractivity contribution is -0.138. The van der Waals surface area contributed by atoms with Crippen molar-refractivity contribution >= 4 is 23.4 Å². The number of anilines is 2. The summed E-state index contributed by atoms with van der Waals surface area (Å²) in [5.41, 5.74) is 8.24. The number of carboxylic acids is 1. The highest BCUT2D eigenvalue weighted by molar-refractivity contribution is 5.86. The number of ether oxygens (including phenoxy) is 2. The molecule has 8 nitrogen and oxygen atoms in total. The summed E-state index contributed by atoms with van der Waals surface area (Å²) in [6.45, 7) is 11.0. The standard InChI is InChI=1S/C13H20N2O2.C13H19NO3/c1-3-15(4-2)11-7-5-10(6-8-11)9-12(14)13(16)17;1-3-5-10-17-12-9-7-6-8-11(12)14-13(15)16-4-2/h5-8,12H,3-4,9,14H2,1-2H3,(H,16,17);6-9H,3-5,10H2,1-2H3,(H,14,15). The minimum atomic E-state index is -0.960. The molecular weight excluding hydrogens is 434 g/mol. The maximum Gasteiger partial charge on any atom is 0.411 e. The zero-order chi connectivity index (χ0) is 25.3. The summed E-state index contributed by atoms with van der Waals surface area (Å²) >= 11 is 0. The Hall–Kier alpha value is -3.26. The van der Waals surface area contributed by atoms with Gasteiger partial charge in [-0.15, -0.1) is 0 Å². The molecular formula is C26H39N3O5. The smallest absolute Gasteiger partial charge is 0.411 e. The van der Waals surface area contributed by atoms with E-state index >= 15 is 0 Å². The highest BCUT2D eigenvalue weighted by Crippen LogP contribution is 2.24. The third-order valence-corrected chi connectivity index (χ3v) is 4.99. The Kier molecular flexibility index (Phi) is 13.9. The van der Waals surface area contributed by atoms with Crippen LogP contribution >= 0.6 is 0 Å². The number of hydrogen-bond acceptors (Lipinski definition) is 6. The molecule has 0 bridgehead atoms. The number of nitrogens with one attached hydrogen (secondary N) is 1. The van der Waals surface area contributed by atoms with E-state index in [-0.39, 0.29) is 0 Å². The Morgan fingerprint density at radius 3 is 2.24 bits per heavy atom. The fourth-order valence-electron chi connectivity index (χ4n) is 3.07. The number of nitrogens with zero attached hydrogens (tertiary/aromatic N) is 1. The van der Waals surface area contributed by atoms with Gasteiger partial charge in [0.25, 0.3) is 0 Å². The number of unbranched alkanes of at least 4 members (excludes halogenated alkanes) is 1. The molecule has 2 aromatic carbocycles. The number of hydrogen-bond donors (Lipinski definition) is 3. The molecule has 1 unspecified atom stereocenters. The van der Waals surface area contributed by atoms with Crippen LogP contribution in [0.15, 0.2) is 48.5 Å². The number of carboxylic acid groups (broad SMARTS) is 1. The summed E-state index contributed by atoms with van der Waals surface area (Å²) in [7, 11) is 0. The highest BCUT2D eigenvalue weighted by Gasteiger charge is 2.12. The van der Waals surface area contributed by atoms with Gasteiger partial charge in [-0.05, 0) is 63.4 Å². The first-order valence-electron chi connectivity index (χ1n) is 11.8. The highest BCUT2D eigenvalue weighted by atomic mass is 16.5. The molecule has 0 aliphatic heterocycles. The first-order chi connectivity index (χ1) is 16.4. The molecule has 4 N–H and O–H groups in total. The van der Waals surface area contributed by atoms with E-state index in [4.69, 9.17) is 20.3 Å². The average molecular weight is 474 g/mol. The summed E-state index contributed by atoms with van der Waals surface area (Å²) in [5.74, 6) is -0.285. The van der Waals surface area contributed by atoms with Gasteiger partial charge in [0.05, 0.1) is 18.9 Å². The molecule has 0 aliphatic carbocycles. The number of amides is 1. The van der Waals surface area contributed by atoms with Gasteiger partial charge < -0.3 is 25.2 Å². The van der Waals surface area contributed by atoms with Crippen molar-refractivity contribution in [2.24, 2.45) is 5.73 Å². The van der Waals surface area contributed by atoms with Crippen molar-refractivity contribution in [3.05, 3.63) is 54.1 Å². The largest absolute Gasteiger partial charge is 0.491 e. The number of para-hydroxylation sites is 2. The van der Waals surface area contributed by atoms with Crippen LogP contribution in [-0.4, -0.2) is 49.5 Å². The van der Waals surface area contributed by atoms with E-state index in [1.54, 1.807) is 13.0 Å². The number of benzene rings is 2. The molecule has 0 fully saturated rings. The van der Waals surface area contributed by atoms with Crippen LogP contribution in [0.1, 0.15) is 46.1 Å². The lowest BCUT2D eigenvalue weighted by atomic mass is 10.1. The SMILES string of the molecule is CCCCOc1ccccc1NC(=O)OCC.CCN(CC)c1ccc(CC(N)C(=O)O)cc1. The van der Waals surface area contributed by atoms with Gasteiger partial charge >= 0.3 is 12.1 Å². The van der Waals surface area contributed by atoms with Gasteiger partial charge in [-0.3, -0.25) is 10.1 Å². The Labute approximate surface area is 203 Å². The number of nitrogens with two attached hydrogens (primary N) is 1. The predicted octanol–water partition coefficient (Wildman–Crippen LogP) is 4.92. The van der Waals surface area contributed by atoms with Crippen LogP contribution in [0.4, 0.5) is 16.2 Å². The van der Waals surface area contributed by atoms with Crippen molar-refractivity contribution in [3.8, 4) is 5.75 Å². The van der Waals surface area contributed by atoms with Crippen molar-refractivity contribution in [2.75, 3.05) is 36.5 Å². The topological polar surface area (TPSA) is 114 Å². The van der Waals surface area contributed by atoms with Crippen LogP contribution < -0.4 is 20.7 Å². The molecule has 188 valence electrons. The second kappa shape index (κ2) is 16.4. The van der Waals surface area contributed by atoms with Crippen molar-refractivity contribution < 1.29 is 24.2 Å². The Bertz CT molecular complexity index is 854. The zero-order valence-electron chi connectivity index (χ0n) is 20.8. The first kappa shape index (κ1) is 28.8. The number of aliphatic carboxylic acids is 1. The fourth-order valence-corrected chi connectivity index (χ4v) is 3.07. The molecule has 0 heterocycles. The van der Waals surface area contributed by atoms with Gasteiger partial charge in [-0.2, -0.15) is 0 Å². The van der Waals surface area contributed by atoms with Crippen LogP contribution in [0.2, 0.25) is 0 Å². The van der Waals surface area contributed by atoms with Gasteiger partial charge in [0.1, 0.15) is 11.8 Å². The lowest BCUT2D eigenvalue weighted by Gasteiger charge is -2.21. The molecule has 0 spiro atoms. The summed E-state index contributed by atoms with van der Waals surface area (Å²) in [4.78, 5) is 24.2. The zero-order valence-corrected chi connectivity index (χ0v) is 20.8. The average Bonchev–Trinajstić information content (AvgIpc) is 2.82. The van der Waals surface area contributed by atoms with Crippen molar-refractivity contribution in [3.63, 3.8) is 0 Å². The first-order valence-corrected chi connectivity index (χ1v) is 11.8. The van der Waals surface area contributed by atoms with Crippen molar-refractivity contribution in [1.82, 2.24) is 0 Å². The number of carbonyl (C=O) groups excluding carboxylic acids is 1. The van der Waals surface area contributed by atoms with Crippen molar-refractivity contribution in [1.29, 1.82) is 0 Å². The van der Waals surface area contributed by atoms with E-state index in [0.717, 1.165) is 37.2 Å². The molecule has 2 aromatic rings. The third kappa shape index (κ3) is 10.6. The van der Waals surface area contributed by atoms with Crippen LogP contribution in [-0.2, 0) is 16.0 Å². The molecule has 0 saturated heterocycles. The summed E-state index contributed by atoms with van der Waals surface area (Å²) in [6.07, 6.45) is 1.98. The number of carbonyl (C=O) groups is 2. The minimum Gasteiger partial charge on any atom is -0.491 e. The van der Waals surface area contributed by atoms with Gasteiger partial charge in [-0.1, -0.05) is 37.6 Å². The van der Waals surface area contributed by atoms with Gasteiger partial charge in [-0.25, -0.2) is 4.79 Å². The fraction of sp³-hybridized carbons (Fsp3) is 0.462. The molecule has 8 heteroatoms. The van der Waals surface area contributed by atoms with E-state index in [2.05, 4.69) is 31.0 Å². The van der Waals surface area contributed by atoms with Gasteiger partial charge in [0.15, 0.2) is 0 Å². The van der Waals surface area contributed by atoms with E-state index < -0.39 is 18.1 Å². The second-order valence-electron chi connectivity index (χ2n) is 7.53. The van der Waals surface area contributed by atoms with E-state index in [1.807, 2.05) is 42.5 Å². The second-order valence-corrected chi connectivity index (χ2v) is 7.53. The Morgan fingerprint density at radius 2 is 1.68 bits per heavy atom.